The first-order valence-electron chi connectivity index (χ1n) is 13.4. The number of halogens is 3. The van der Waals surface area contributed by atoms with E-state index in [-0.39, 0.29) is 35.9 Å². The van der Waals surface area contributed by atoms with E-state index in [0.29, 0.717) is 36.2 Å². The van der Waals surface area contributed by atoms with Gasteiger partial charge < -0.3 is 15.3 Å². The van der Waals surface area contributed by atoms with Gasteiger partial charge in [-0.3, -0.25) is 29.4 Å². The third-order valence-corrected chi connectivity index (χ3v) is 8.22. The van der Waals surface area contributed by atoms with E-state index in [1.54, 1.807) is 12.3 Å². The van der Waals surface area contributed by atoms with E-state index in [4.69, 9.17) is 9.90 Å². The van der Waals surface area contributed by atoms with Crippen molar-refractivity contribution in [2.75, 3.05) is 13.1 Å². The Balaban J connectivity index is 0.000000451. The molecular formula is C26H28F3N7O6. The molecule has 13 nitrogen and oxygen atoms in total. The van der Waals surface area contributed by atoms with Crippen LogP contribution in [0.2, 0.25) is 0 Å². The summed E-state index contributed by atoms with van der Waals surface area (Å²) < 4.78 is 33.2. The molecule has 42 heavy (non-hydrogen) atoms. The van der Waals surface area contributed by atoms with Crippen molar-refractivity contribution in [3.05, 3.63) is 41.2 Å². The average Bonchev–Trinajstić information content (AvgIpc) is 3.56. The second-order valence-corrected chi connectivity index (χ2v) is 10.7. The van der Waals surface area contributed by atoms with Gasteiger partial charge in [-0.2, -0.15) is 13.2 Å². The molecule has 0 radical (unpaired) electrons. The first kappa shape index (κ1) is 29.2. The summed E-state index contributed by atoms with van der Waals surface area (Å²) in [7, 11) is 0. The summed E-state index contributed by atoms with van der Waals surface area (Å²) in [6.45, 7) is 4.65. The van der Waals surface area contributed by atoms with Crippen molar-refractivity contribution in [2.24, 2.45) is 5.92 Å². The number of imide groups is 1. The molecule has 16 heteroatoms. The van der Waals surface area contributed by atoms with Crippen molar-refractivity contribution in [2.45, 2.75) is 63.5 Å². The van der Waals surface area contributed by atoms with E-state index in [2.05, 4.69) is 32.8 Å². The van der Waals surface area contributed by atoms with Crippen LogP contribution in [-0.4, -0.2) is 96.9 Å². The number of hydrogen-bond acceptors (Lipinski definition) is 8. The summed E-state index contributed by atoms with van der Waals surface area (Å²) in [6.07, 6.45) is -0.788. The Morgan fingerprint density at radius 1 is 1.12 bits per heavy atom. The maximum Gasteiger partial charge on any atom is 0.490 e. The lowest BCUT2D eigenvalue weighted by molar-refractivity contribution is -0.192. The summed E-state index contributed by atoms with van der Waals surface area (Å²) in [4.78, 5) is 62.5. The normalized spacial score (nSPS) is 26.7. The molecule has 0 saturated carbocycles. The number of hydrogen-bond donors (Lipinski definition) is 3. The van der Waals surface area contributed by atoms with Crippen LogP contribution >= 0.6 is 0 Å². The van der Waals surface area contributed by atoms with Crippen molar-refractivity contribution < 1.29 is 42.3 Å². The average molecular weight is 592 g/mol. The molecule has 4 fully saturated rings. The molecule has 7 rings (SSSR count). The summed E-state index contributed by atoms with van der Waals surface area (Å²) in [5.41, 5.74) is 2.11. The van der Waals surface area contributed by atoms with Gasteiger partial charge in [0.05, 0.1) is 11.9 Å². The number of rotatable bonds is 4. The van der Waals surface area contributed by atoms with Crippen molar-refractivity contribution in [1.82, 2.24) is 35.4 Å². The molecule has 1 aromatic carbocycles. The van der Waals surface area contributed by atoms with Gasteiger partial charge in [0, 0.05) is 30.6 Å². The minimum absolute atomic E-state index is 0.103. The molecule has 6 heterocycles. The minimum atomic E-state index is -5.08. The number of piperidine rings is 4. The zero-order valence-electron chi connectivity index (χ0n) is 22.4. The molecule has 2 aromatic rings. The fraction of sp³-hybridized carbons (Fsp3) is 0.500. The third-order valence-electron chi connectivity index (χ3n) is 8.22. The number of amides is 4. The van der Waals surface area contributed by atoms with Crippen LogP contribution in [-0.2, 0) is 20.9 Å². The standard InChI is InChI=1S/C24H27N7O4.C2HF3O2/c1-13-21(14-6-8-29(13)9-7-14)26-22(33)18-12-31(28-27-18)16-3-2-15-11-30(24(35)17(15)10-16)19-4-5-20(32)25-23(19)34;3-2(4,5)1(6)7/h2-3,10,12-14,19,21H,4-9,11H2,1H3,(H,26,33)(H,25,32,34);(H,6,7)/t13-,19?,21-;/m1./s1. The molecule has 3 N–H and O–H groups in total. The molecule has 1 unspecified atom stereocenters. The largest absolute Gasteiger partial charge is 0.490 e. The Kier molecular flexibility index (Phi) is 7.74. The predicted octanol–water partition coefficient (Wildman–Crippen LogP) is 0.874. The highest BCUT2D eigenvalue weighted by Gasteiger charge is 2.41. The Hall–Kier alpha value is -4.34. The minimum Gasteiger partial charge on any atom is -0.475 e. The number of carboxylic acids is 1. The van der Waals surface area contributed by atoms with Gasteiger partial charge in [-0.05, 0) is 62.9 Å². The summed E-state index contributed by atoms with van der Waals surface area (Å²) in [5, 5.41) is 20.8. The Morgan fingerprint density at radius 2 is 1.81 bits per heavy atom. The molecule has 3 atom stereocenters. The van der Waals surface area contributed by atoms with Crippen LogP contribution < -0.4 is 10.6 Å². The first-order chi connectivity index (χ1) is 19.8. The summed E-state index contributed by atoms with van der Waals surface area (Å²) >= 11 is 0. The predicted molar refractivity (Wildman–Crippen MR) is 136 cm³/mol. The van der Waals surface area contributed by atoms with Crippen molar-refractivity contribution >= 4 is 29.6 Å². The van der Waals surface area contributed by atoms with Gasteiger partial charge in [-0.1, -0.05) is 11.3 Å². The number of nitrogens with zero attached hydrogens (tertiary/aromatic N) is 5. The number of alkyl halides is 3. The van der Waals surface area contributed by atoms with E-state index in [1.807, 2.05) is 12.1 Å². The number of carbonyl (C=O) groups excluding carboxylic acids is 4. The maximum absolute atomic E-state index is 13.1. The van der Waals surface area contributed by atoms with Crippen molar-refractivity contribution in [3.63, 3.8) is 0 Å². The number of carbonyl (C=O) groups is 5. The van der Waals surface area contributed by atoms with Gasteiger partial charge >= 0.3 is 12.1 Å². The number of benzene rings is 1. The molecule has 2 bridgehead atoms. The smallest absolute Gasteiger partial charge is 0.475 e. The highest BCUT2D eigenvalue weighted by atomic mass is 19.4. The van der Waals surface area contributed by atoms with Crippen molar-refractivity contribution in [1.29, 1.82) is 0 Å². The van der Waals surface area contributed by atoms with Gasteiger partial charge in [-0.25, -0.2) is 9.48 Å². The zero-order chi connectivity index (χ0) is 30.3. The highest BCUT2D eigenvalue weighted by molar-refractivity contribution is 6.05. The summed E-state index contributed by atoms with van der Waals surface area (Å²) in [6, 6.07) is 5.08. The second kappa shape index (κ2) is 11.2. The van der Waals surface area contributed by atoms with E-state index in [1.165, 1.54) is 9.58 Å². The van der Waals surface area contributed by atoms with Crippen molar-refractivity contribution in [3.8, 4) is 5.69 Å². The maximum atomic E-state index is 13.1. The van der Waals surface area contributed by atoms with E-state index < -0.39 is 24.1 Å². The molecule has 4 amide bonds. The second-order valence-electron chi connectivity index (χ2n) is 10.7. The lowest BCUT2D eigenvalue weighted by Gasteiger charge is -2.49. The molecule has 1 aromatic heterocycles. The van der Waals surface area contributed by atoms with E-state index in [9.17, 15) is 32.3 Å². The number of fused-ring (bicyclic) bond motifs is 4. The van der Waals surface area contributed by atoms with Crippen LogP contribution in [0.15, 0.2) is 24.4 Å². The van der Waals surface area contributed by atoms with E-state index >= 15 is 0 Å². The molecule has 0 aliphatic carbocycles. The van der Waals surface area contributed by atoms with Gasteiger partial charge in [0.1, 0.15) is 6.04 Å². The highest BCUT2D eigenvalue weighted by Crippen LogP contribution is 2.32. The molecule has 5 aliphatic rings. The Morgan fingerprint density at radius 3 is 2.43 bits per heavy atom. The first-order valence-corrected chi connectivity index (χ1v) is 13.4. The summed E-state index contributed by atoms with van der Waals surface area (Å²) in [5.74, 6) is -3.52. The van der Waals surface area contributed by atoms with Crippen LogP contribution in [0.4, 0.5) is 13.2 Å². The Bertz CT molecular complexity index is 1430. The number of nitrogens with one attached hydrogen (secondary N) is 2. The quantitative estimate of drug-likeness (QED) is 0.437. The van der Waals surface area contributed by atoms with Crippen LogP contribution in [0.5, 0.6) is 0 Å². The molecule has 4 saturated heterocycles. The Labute approximate surface area is 237 Å². The van der Waals surface area contributed by atoms with Gasteiger partial charge in [0.15, 0.2) is 5.69 Å². The van der Waals surface area contributed by atoms with Gasteiger partial charge in [0.25, 0.3) is 11.8 Å². The molecule has 5 aliphatic heterocycles. The fourth-order valence-corrected chi connectivity index (χ4v) is 5.95. The third kappa shape index (κ3) is 5.70. The fourth-order valence-electron chi connectivity index (χ4n) is 5.95. The van der Waals surface area contributed by atoms with Crippen LogP contribution in [0.25, 0.3) is 5.69 Å². The van der Waals surface area contributed by atoms with Crippen LogP contribution in [0.1, 0.15) is 59.0 Å². The SMILES string of the molecule is C[C@@H]1[C@@H](NC(=O)c2cn(-c3ccc4c(c3)C(=O)N(C3CCC(=O)NC3=O)C4)nn2)C2CCN1CC2.O=C(O)C(F)(F)F. The number of aliphatic carboxylic acids is 1. The lowest BCUT2D eigenvalue weighted by Crippen LogP contribution is -2.62. The molecular weight excluding hydrogens is 563 g/mol. The zero-order valence-corrected chi connectivity index (χ0v) is 22.4. The van der Waals surface area contributed by atoms with Crippen LogP contribution in [0, 0.1) is 5.92 Å². The lowest BCUT2D eigenvalue weighted by atomic mass is 9.79. The monoisotopic (exact) mass is 591 g/mol. The van der Waals surface area contributed by atoms with Crippen LogP contribution in [0.3, 0.4) is 0 Å². The number of carboxylic acid groups (broad SMARTS) is 1. The van der Waals surface area contributed by atoms with E-state index in [0.717, 1.165) is 31.5 Å². The molecule has 224 valence electrons. The topological polar surface area (TPSA) is 167 Å². The van der Waals surface area contributed by atoms with Gasteiger partial charge in [-0.15, -0.1) is 5.10 Å². The molecule has 0 spiro atoms. The van der Waals surface area contributed by atoms with Gasteiger partial charge in [0.2, 0.25) is 11.8 Å². The number of aromatic nitrogens is 3.